The molecule has 1 fully saturated rings. The van der Waals surface area contributed by atoms with E-state index in [4.69, 9.17) is 0 Å². The van der Waals surface area contributed by atoms with E-state index in [0.717, 1.165) is 30.7 Å². The van der Waals surface area contributed by atoms with Gasteiger partial charge in [-0.25, -0.2) is 17.9 Å². The number of rotatable bonds is 5. The quantitative estimate of drug-likeness (QED) is 0.773. The Balaban J connectivity index is 1.69. The van der Waals surface area contributed by atoms with Crippen molar-refractivity contribution in [2.75, 3.05) is 4.72 Å². The highest BCUT2D eigenvalue weighted by Gasteiger charge is 2.28. The summed E-state index contributed by atoms with van der Waals surface area (Å²) in [6.45, 7) is 2.03. The number of anilines is 1. The van der Waals surface area contributed by atoms with Gasteiger partial charge in [0.2, 0.25) is 0 Å². The van der Waals surface area contributed by atoms with Gasteiger partial charge in [-0.2, -0.15) is 5.10 Å². The van der Waals surface area contributed by atoms with Gasteiger partial charge < -0.3 is 0 Å². The van der Waals surface area contributed by atoms with Gasteiger partial charge in [-0.3, -0.25) is 4.72 Å². The van der Waals surface area contributed by atoms with Crippen molar-refractivity contribution in [2.24, 2.45) is 0 Å². The summed E-state index contributed by atoms with van der Waals surface area (Å²) in [6, 6.07) is 10.4. The monoisotopic (exact) mass is 342 g/mol. The highest BCUT2D eigenvalue weighted by atomic mass is 32.2. The Morgan fingerprint density at radius 1 is 1.21 bits per heavy atom. The summed E-state index contributed by atoms with van der Waals surface area (Å²) in [5.74, 6) is 1.20. The second kappa shape index (κ2) is 5.59. The molecule has 0 atom stereocenters. The molecule has 0 saturated heterocycles. The number of hydrogen-bond acceptors (Lipinski definition) is 4. The number of pyridine rings is 1. The summed E-state index contributed by atoms with van der Waals surface area (Å²) in [7, 11) is -3.66. The topological polar surface area (TPSA) is 76.4 Å². The van der Waals surface area contributed by atoms with Crippen LogP contribution in [0.1, 0.15) is 37.1 Å². The van der Waals surface area contributed by atoms with Gasteiger partial charge in [0.25, 0.3) is 10.0 Å². The van der Waals surface area contributed by atoms with Gasteiger partial charge in [-0.15, -0.1) is 0 Å². The fourth-order valence-electron chi connectivity index (χ4n) is 2.62. The van der Waals surface area contributed by atoms with E-state index in [9.17, 15) is 8.42 Å². The summed E-state index contributed by atoms with van der Waals surface area (Å²) in [5, 5.41) is 4.43. The first-order chi connectivity index (χ1) is 11.6. The van der Waals surface area contributed by atoms with Gasteiger partial charge in [-0.1, -0.05) is 19.1 Å². The van der Waals surface area contributed by atoms with Crippen LogP contribution in [0.5, 0.6) is 0 Å². The van der Waals surface area contributed by atoms with E-state index >= 15 is 0 Å². The number of aryl methyl sites for hydroxylation is 1. The number of aromatic nitrogens is 3. The number of sulfonamides is 1. The Labute approximate surface area is 140 Å². The van der Waals surface area contributed by atoms with Gasteiger partial charge in [0.15, 0.2) is 11.5 Å². The van der Waals surface area contributed by atoms with Crippen LogP contribution in [0.2, 0.25) is 0 Å². The second-order valence-electron chi connectivity index (χ2n) is 6.04. The maximum absolute atomic E-state index is 12.6. The third kappa shape index (κ3) is 2.75. The van der Waals surface area contributed by atoms with Crippen LogP contribution in [0, 0.1) is 0 Å². The maximum Gasteiger partial charge on any atom is 0.262 e. The fourth-order valence-corrected chi connectivity index (χ4v) is 3.69. The van der Waals surface area contributed by atoms with E-state index in [-0.39, 0.29) is 4.90 Å². The Morgan fingerprint density at radius 3 is 2.62 bits per heavy atom. The molecule has 3 aromatic rings. The molecule has 1 N–H and O–H groups in total. The lowest BCUT2D eigenvalue weighted by molar-refractivity contribution is 0.601. The van der Waals surface area contributed by atoms with Crippen LogP contribution < -0.4 is 4.72 Å². The summed E-state index contributed by atoms with van der Waals surface area (Å²) < 4.78 is 29.5. The third-order valence-electron chi connectivity index (χ3n) is 4.21. The van der Waals surface area contributed by atoms with Gasteiger partial charge in [-0.05, 0) is 49.1 Å². The Kier molecular flexibility index (Phi) is 3.53. The molecule has 7 heteroatoms. The van der Waals surface area contributed by atoms with E-state index in [2.05, 4.69) is 14.8 Å². The molecule has 2 aromatic heterocycles. The molecule has 124 valence electrons. The van der Waals surface area contributed by atoms with Gasteiger partial charge in [0.1, 0.15) is 0 Å². The highest BCUT2D eigenvalue weighted by Crippen LogP contribution is 2.38. The molecule has 1 saturated carbocycles. The van der Waals surface area contributed by atoms with E-state index < -0.39 is 10.0 Å². The Morgan fingerprint density at radius 2 is 1.96 bits per heavy atom. The number of nitrogens with one attached hydrogen (secondary N) is 1. The molecule has 1 aliphatic rings. The predicted molar refractivity (Wildman–Crippen MR) is 91.6 cm³/mol. The van der Waals surface area contributed by atoms with Crippen LogP contribution >= 0.6 is 0 Å². The van der Waals surface area contributed by atoms with Gasteiger partial charge >= 0.3 is 0 Å². The van der Waals surface area contributed by atoms with Crippen molar-refractivity contribution < 1.29 is 8.42 Å². The molecule has 24 heavy (non-hydrogen) atoms. The zero-order valence-electron chi connectivity index (χ0n) is 13.3. The van der Waals surface area contributed by atoms with Crippen molar-refractivity contribution in [3.05, 3.63) is 54.0 Å². The molecule has 0 aliphatic heterocycles. The standard InChI is InChI=1S/C17H18N4O2S/c1-2-12-5-9-14(10-6-12)24(22,23)20-15-4-3-11-21-17(15)18-16(19-21)13-7-8-13/h3-6,9-11,13,20H,2,7-8H2,1H3. The van der Waals surface area contributed by atoms with Crippen molar-refractivity contribution in [2.45, 2.75) is 37.0 Å². The molecule has 0 amide bonds. The first kappa shape index (κ1) is 15.1. The molecule has 0 bridgehead atoms. The molecular weight excluding hydrogens is 324 g/mol. The number of hydrogen-bond donors (Lipinski definition) is 1. The summed E-state index contributed by atoms with van der Waals surface area (Å²) in [4.78, 5) is 4.74. The molecule has 0 spiro atoms. The fraction of sp³-hybridized carbons (Fsp3) is 0.294. The molecule has 0 unspecified atom stereocenters. The van der Waals surface area contributed by atoms with E-state index in [1.165, 1.54) is 0 Å². The molecule has 4 rings (SSSR count). The predicted octanol–water partition coefficient (Wildman–Crippen LogP) is 2.97. The molecule has 1 aromatic carbocycles. The van der Waals surface area contributed by atoms with Crippen LogP contribution in [0.25, 0.3) is 5.65 Å². The van der Waals surface area contributed by atoms with Crippen molar-refractivity contribution in [1.82, 2.24) is 14.6 Å². The molecule has 1 aliphatic carbocycles. The van der Waals surface area contributed by atoms with Crippen molar-refractivity contribution in [3.63, 3.8) is 0 Å². The Hall–Kier alpha value is -2.41. The molecule has 6 nitrogen and oxygen atoms in total. The van der Waals surface area contributed by atoms with Crippen LogP contribution in [0.3, 0.4) is 0 Å². The number of nitrogens with zero attached hydrogens (tertiary/aromatic N) is 3. The van der Waals surface area contributed by atoms with Gasteiger partial charge in [0, 0.05) is 12.1 Å². The van der Waals surface area contributed by atoms with E-state index in [1.807, 2.05) is 19.1 Å². The van der Waals surface area contributed by atoms with Gasteiger partial charge in [0.05, 0.1) is 10.6 Å². The Bertz CT molecular complexity index is 989. The van der Waals surface area contributed by atoms with Crippen LogP contribution in [0.15, 0.2) is 47.5 Å². The minimum atomic E-state index is -3.66. The van der Waals surface area contributed by atoms with Crippen LogP contribution in [-0.2, 0) is 16.4 Å². The molecular formula is C17H18N4O2S. The van der Waals surface area contributed by atoms with E-state index in [0.29, 0.717) is 17.3 Å². The SMILES string of the molecule is CCc1ccc(S(=O)(=O)Nc2cccn3nc(C4CC4)nc23)cc1. The third-order valence-corrected chi connectivity index (χ3v) is 5.59. The molecule has 2 heterocycles. The lowest BCUT2D eigenvalue weighted by Gasteiger charge is -2.09. The largest absolute Gasteiger partial charge is 0.276 e. The lowest BCUT2D eigenvalue weighted by Crippen LogP contribution is -2.13. The summed E-state index contributed by atoms with van der Waals surface area (Å²) in [5.41, 5.74) is 2.08. The average Bonchev–Trinajstić information content (AvgIpc) is 3.34. The summed E-state index contributed by atoms with van der Waals surface area (Å²) in [6.07, 6.45) is 4.85. The zero-order valence-corrected chi connectivity index (χ0v) is 14.1. The first-order valence-electron chi connectivity index (χ1n) is 8.04. The molecule has 0 radical (unpaired) electrons. The minimum absolute atomic E-state index is 0.239. The average molecular weight is 342 g/mol. The normalized spacial score (nSPS) is 14.9. The van der Waals surface area contributed by atoms with Crippen molar-refractivity contribution in [3.8, 4) is 0 Å². The number of benzene rings is 1. The number of fused-ring (bicyclic) bond motifs is 1. The minimum Gasteiger partial charge on any atom is -0.276 e. The smallest absolute Gasteiger partial charge is 0.262 e. The first-order valence-corrected chi connectivity index (χ1v) is 9.52. The highest BCUT2D eigenvalue weighted by molar-refractivity contribution is 7.92. The summed E-state index contributed by atoms with van der Waals surface area (Å²) >= 11 is 0. The maximum atomic E-state index is 12.6. The second-order valence-corrected chi connectivity index (χ2v) is 7.72. The zero-order chi connectivity index (χ0) is 16.7. The van der Waals surface area contributed by atoms with E-state index in [1.54, 1.807) is 35.0 Å². The lowest BCUT2D eigenvalue weighted by atomic mass is 10.2. The van der Waals surface area contributed by atoms with Crippen molar-refractivity contribution in [1.29, 1.82) is 0 Å². The van der Waals surface area contributed by atoms with Crippen molar-refractivity contribution >= 4 is 21.4 Å². The van der Waals surface area contributed by atoms with Crippen LogP contribution in [-0.4, -0.2) is 23.0 Å². The van der Waals surface area contributed by atoms with Crippen LogP contribution in [0.4, 0.5) is 5.69 Å².